The van der Waals surface area contributed by atoms with Crippen molar-refractivity contribution in [3.05, 3.63) is 64.7 Å². The van der Waals surface area contributed by atoms with E-state index in [1.807, 2.05) is 24.3 Å². The molecule has 0 atom stereocenters. The lowest BCUT2D eigenvalue weighted by atomic mass is 10.2. The Morgan fingerprint density at radius 1 is 1.17 bits per heavy atom. The van der Waals surface area contributed by atoms with E-state index in [0.717, 1.165) is 5.56 Å². The number of halogens is 1. The van der Waals surface area contributed by atoms with Crippen LogP contribution >= 0.6 is 11.6 Å². The first-order chi connectivity index (χ1) is 8.65. The maximum atomic E-state index is 11.8. The Kier molecular flexibility index (Phi) is 3.85. The number of anilines is 1. The van der Waals surface area contributed by atoms with Crippen LogP contribution in [-0.4, -0.2) is 5.91 Å². The molecule has 0 aliphatic heterocycles. The fraction of sp³-hybridized carbons (Fsp3) is 0.0714. The third kappa shape index (κ3) is 3.25. The lowest BCUT2D eigenvalue weighted by Gasteiger charge is -2.06. The molecule has 0 aromatic heterocycles. The maximum absolute atomic E-state index is 11.8. The second kappa shape index (κ2) is 5.56. The summed E-state index contributed by atoms with van der Waals surface area (Å²) in [4.78, 5) is 11.8. The van der Waals surface area contributed by atoms with Crippen molar-refractivity contribution in [1.29, 1.82) is 0 Å². The Balaban J connectivity index is 1.98. The van der Waals surface area contributed by atoms with Gasteiger partial charge in [0.2, 0.25) is 0 Å². The number of carbonyl (C=O) groups excluding carboxylic acids is 1. The van der Waals surface area contributed by atoms with Crippen molar-refractivity contribution in [2.75, 3.05) is 5.73 Å². The molecule has 2 aromatic rings. The van der Waals surface area contributed by atoms with E-state index in [2.05, 4.69) is 5.32 Å². The van der Waals surface area contributed by atoms with Crippen molar-refractivity contribution in [3.63, 3.8) is 0 Å². The number of benzene rings is 2. The molecule has 0 heterocycles. The minimum atomic E-state index is -0.130. The van der Waals surface area contributed by atoms with Gasteiger partial charge in [0.25, 0.3) is 5.91 Å². The zero-order chi connectivity index (χ0) is 13.0. The topological polar surface area (TPSA) is 55.1 Å². The lowest BCUT2D eigenvalue weighted by Crippen LogP contribution is -2.22. The minimum Gasteiger partial charge on any atom is -0.399 e. The van der Waals surface area contributed by atoms with Gasteiger partial charge in [0.05, 0.1) is 0 Å². The SMILES string of the molecule is Nc1cccc(CNC(=O)c2ccc(Cl)cc2)c1. The number of nitrogens with one attached hydrogen (secondary N) is 1. The van der Waals surface area contributed by atoms with Gasteiger partial charge in [-0.2, -0.15) is 0 Å². The third-order valence-corrected chi connectivity index (χ3v) is 2.76. The zero-order valence-electron chi connectivity index (χ0n) is 9.69. The first-order valence-corrected chi connectivity index (χ1v) is 5.91. The summed E-state index contributed by atoms with van der Waals surface area (Å²) in [6.45, 7) is 0.451. The van der Waals surface area contributed by atoms with Crippen LogP contribution in [0.3, 0.4) is 0 Å². The Morgan fingerprint density at radius 2 is 1.89 bits per heavy atom. The van der Waals surface area contributed by atoms with E-state index in [4.69, 9.17) is 17.3 Å². The molecule has 92 valence electrons. The van der Waals surface area contributed by atoms with E-state index in [1.54, 1.807) is 24.3 Å². The van der Waals surface area contributed by atoms with Gasteiger partial charge in [-0.25, -0.2) is 0 Å². The average molecular weight is 261 g/mol. The number of carbonyl (C=O) groups is 1. The van der Waals surface area contributed by atoms with Crippen LogP contribution in [0.1, 0.15) is 15.9 Å². The summed E-state index contributed by atoms with van der Waals surface area (Å²) in [5.41, 5.74) is 7.91. The molecule has 1 amide bonds. The lowest BCUT2D eigenvalue weighted by molar-refractivity contribution is 0.0951. The standard InChI is InChI=1S/C14H13ClN2O/c15-12-6-4-11(5-7-12)14(18)17-9-10-2-1-3-13(16)8-10/h1-8H,9,16H2,(H,17,18). The monoisotopic (exact) mass is 260 g/mol. The molecule has 0 unspecified atom stereocenters. The molecule has 0 aliphatic carbocycles. The zero-order valence-corrected chi connectivity index (χ0v) is 10.4. The highest BCUT2D eigenvalue weighted by Gasteiger charge is 2.04. The first kappa shape index (κ1) is 12.5. The van der Waals surface area contributed by atoms with Crippen molar-refractivity contribution in [2.24, 2.45) is 0 Å². The fourth-order valence-corrected chi connectivity index (χ4v) is 1.71. The molecule has 0 radical (unpaired) electrons. The Labute approximate surface area is 111 Å². The summed E-state index contributed by atoms with van der Waals surface area (Å²) in [5.74, 6) is -0.130. The van der Waals surface area contributed by atoms with Crippen molar-refractivity contribution < 1.29 is 4.79 Å². The van der Waals surface area contributed by atoms with Crippen LogP contribution < -0.4 is 11.1 Å². The van der Waals surface area contributed by atoms with Gasteiger partial charge in [-0.15, -0.1) is 0 Å². The van der Waals surface area contributed by atoms with E-state index in [-0.39, 0.29) is 5.91 Å². The Hall–Kier alpha value is -2.00. The second-order valence-corrected chi connectivity index (χ2v) is 4.37. The van der Waals surface area contributed by atoms with Gasteiger partial charge in [0.15, 0.2) is 0 Å². The van der Waals surface area contributed by atoms with Gasteiger partial charge in [0, 0.05) is 22.8 Å². The van der Waals surface area contributed by atoms with E-state index in [9.17, 15) is 4.79 Å². The molecular formula is C14H13ClN2O. The van der Waals surface area contributed by atoms with E-state index < -0.39 is 0 Å². The summed E-state index contributed by atoms with van der Waals surface area (Å²) in [5, 5.41) is 3.44. The maximum Gasteiger partial charge on any atom is 0.251 e. The van der Waals surface area contributed by atoms with Crippen LogP contribution in [0.5, 0.6) is 0 Å². The van der Waals surface area contributed by atoms with Crippen LogP contribution in [-0.2, 0) is 6.54 Å². The molecule has 0 aliphatic rings. The number of amides is 1. The van der Waals surface area contributed by atoms with Crippen LogP contribution in [0.4, 0.5) is 5.69 Å². The number of hydrogen-bond acceptors (Lipinski definition) is 2. The molecule has 0 bridgehead atoms. The van der Waals surface area contributed by atoms with Gasteiger partial charge >= 0.3 is 0 Å². The average Bonchev–Trinajstić information content (AvgIpc) is 2.37. The molecule has 3 nitrogen and oxygen atoms in total. The number of hydrogen-bond donors (Lipinski definition) is 2. The summed E-state index contributed by atoms with van der Waals surface area (Å²) < 4.78 is 0. The Morgan fingerprint density at radius 3 is 2.56 bits per heavy atom. The first-order valence-electron chi connectivity index (χ1n) is 5.53. The highest BCUT2D eigenvalue weighted by Crippen LogP contribution is 2.10. The van der Waals surface area contributed by atoms with Crippen molar-refractivity contribution in [2.45, 2.75) is 6.54 Å². The number of rotatable bonds is 3. The summed E-state index contributed by atoms with van der Waals surface area (Å²) in [6, 6.07) is 14.2. The van der Waals surface area contributed by atoms with Crippen molar-refractivity contribution >= 4 is 23.2 Å². The number of nitrogen functional groups attached to an aromatic ring is 1. The van der Waals surface area contributed by atoms with Gasteiger partial charge in [-0.1, -0.05) is 23.7 Å². The fourth-order valence-electron chi connectivity index (χ4n) is 1.59. The molecule has 3 N–H and O–H groups in total. The second-order valence-electron chi connectivity index (χ2n) is 3.93. The predicted octanol–water partition coefficient (Wildman–Crippen LogP) is 2.85. The van der Waals surface area contributed by atoms with Crippen LogP contribution in [0.2, 0.25) is 5.02 Å². The Bertz CT molecular complexity index is 552. The molecule has 18 heavy (non-hydrogen) atoms. The quantitative estimate of drug-likeness (QED) is 0.834. The van der Waals surface area contributed by atoms with Gasteiger partial charge in [0.1, 0.15) is 0 Å². The molecule has 4 heteroatoms. The van der Waals surface area contributed by atoms with E-state index >= 15 is 0 Å². The molecular weight excluding hydrogens is 248 g/mol. The van der Waals surface area contributed by atoms with Crippen LogP contribution in [0, 0.1) is 0 Å². The van der Waals surface area contributed by atoms with Crippen LogP contribution in [0.25, 0.3) is 0 Å². The van der Waals surface area contributed by atoms with Crippen LogP contribution in [0.15, 0.2) is 48.5 Å². The predicted molar refractivity (Wildman–Crippen MR) is 73.5 cm³/mol. The van der Waals surface area contributed by atoms with Crippen molar-refractivity contribution in [1.82, 2.24) is 5.32 Å². The molecule has 2 aromatic carbocycles. The smallest absolute Gasteiger partial charge is 0.251 e. The summed E-state index contributed by atoms with van der Waals surface area (Å²) in [7, 11) is 0. The third-order valence-electron chi connectivity index (χ3n) is 2.51. The van der Waals surface area contributed by atoms with Gasteiger partial charge in [-0.3, -0.25) is 4.79 Å². The molecule has 0 saturated carbocycles. The summed E-state index contributed by atoms with van der Waals surface area (Å²) in [6.07, 6.45) is 0. The minimum absolute atomic E-state index is 0.130. The number of nitrogens with two attached hydrogens (primary N) is 1. The summed E-state index contributed by atoms with van der Waals surface area (Å²) >= 11 is 5.76. The highest BCUT2D eigenvalue weighted by molar-refractivity contribution is 6.30. The van der Waals surface area contributed by atoms with Gasteiger partial charge < -0.3 is 11.1 Å². The normalized spacial score (nSPS) is 10.1. The van der Waals surface area contributed by atoms with Crippen molar-refractivity contribution in [3.8, 4) is 0 Å². The highest BCUT2D eigenvalue weighted by atomic mass is 35.5. The molecule has 2 rings (SSSR count). The molecule has 0 saturated heterocycles. The van der Waals surface area contributed by atoms with E-state index in [1.165, 1.54) is 0 Å². The van der Waals surface area contributed by atoms with E-state index in [0.29, 0.717) is 22.8 Å². The largest absolute Gasteiger partial charge is 0.399 e. The molecule has 0 spiro atoms. The van der Waals surface area contributed by atoms with Gasteiger partial charge in [-0.05, 0) is 42.0 Å². The molecule has 0 fully saturated rings.